The molecular weight excluding hydrogens is 449 g/mol. The van der Waals surface area contributed by atoms with Crippen LogP contribution in [0.4, 0.5) is 4.39 Å². The number of halogens is 4. The SMILES string of the molecule is CNC(c1ccc(Br)cc1F)c1cc(Br)sc1Br. The van der Waals surface area contributed by atoms with Gasteiger partial charge in [-0.25, -0.2) is 4.39 Å². The molecule has 1 nitrogen and oxygen atoms in total. The van der Waals surface area contributed by atoms with E-state index in [1.807, 2.05) is 19.2 Å². The van der Waals surface area contributed by atoms with Crippen LogP contribution >= 0.6 is 59.1 Å². The van der Waals surface area contributed by atoms with E-state index in [0.29, 0.717) is 5.56 Å². The van der Waals surface area contributed by atoms with Gasteiger partial charge >= 0.3 is 0 Å². The first-order chi connectivity index (χ1) is 8.52. The van der Waals surface area contributed by atoms with Gasteiger partial charge in [-0.2, -0.15) is 0 Å². The number of rotatable bonds is 3. The quantitative estimate of drug-likeness (QED) is 0.643. The van der Waals surface area contributed by atoms with Crippen LogP contribution in [0.3, 0.4) is 0 Å². The monoisotopic (exact) mass is 455 g/mol. The van der Waals surface area contributed by atoms with Crippen LogP contribution in [0.25, 0.3) is 0 Å². The van der Waals surface area contributed by atoms with Crippen LogP contribution < -0.4 is 5.32 Å². The molecule has 0 amide bonds. The molecule has 1 heterocycles. The van der Waals surface area contributed by atoms with Crippen molar-refractivity contribution in [3.63, 3.8) is 0 Å². The summed E-state index contributed by atoms with van der Waals surface area (Å²) in [5.41, 5.74) is 1.65. The second-order valence-corrected chi connectivity index (χ2v) is 8.33. The highest BCUT2D eigenvalue weighted by Gasteiger charge is 2.20. The predicted molar refractivity (Wildman–Crippen MR) is 84.7 cm³/mol. The Morgan fingerprint density at radius 2 is 1.89 bits per heavy atom. The molecule has 1 aromatic carbocycles. The van der Waals surface area contributed by atoms with Crippen molar-refractivity contribution in [3.05, 3.63) is 53.3 Å². The van der Waals surface area contributed by atoms with Gasteiger partial charge in [-0.1, -0.05) is 22.0 Å². The molecule has 18 heavy (non-hydrogen) atoms. The van der Waals surface area contributed by atoms with Crippen LogP contribution in [-0.2, 0) is 0 Å². The Morgan fingerprint density at radius 3 is 2.39 bits per heavy atom. The Hall–Kier alpha value is 0.250. The number of thiophene rings is 1. The maximum absolute atomic E-state index is 14.0. The van der Waals surface area contributed by atoms with Crippen LogP contribution in [0.2, 0.25) is 0 Å². The zero-order valence-electron chi connectivity index (χ0n) is 9.31. The number of nitrogens with one attached hydrogen (secondary N) is 1. The van der Waals surface area contributed by atoms with Crippen LogP contribution in [-0.4, -0.2) is 7.05 Å². The van der Waals surface area contributed by atoms with E-state index in [4.69, 9.17) is 0 Å². The first-order valence-electron chi connectivity index (χ1n) is 5.10. The number of benzene rings is 1. The smallest absolute Gasteiger partial charge is 0.129 e. The third kappa shape index (κ3) is 3.04. The molecule has 0 spiro atoms. The van der Waals surface area contributed by atoms with Gasteiger partial charge in [-0.15, -0.1) is 11.3 Å². The van der Waals surface area contributed by atoms with E-state index in [-0.39, 0.29) is 11.9 Å². The van der Waals surface area contributed by atoms with Crippen molar-refractivity contribution < 1.29 is 4.39 Å². The van der Waals surface area contributed by atoms with Gasteiger partial charge in [0.05, 0.1) is 13.6 Å². The zero-order valence-corrected chi connectivity index (χ0v) is 14.9. The second kappa shape index (κ2) is 6.13. The van der Waals surface area contributed by atoms with Gasteiger partial charge in [0.1, 0.15) is 5.82 Å². The van der Waals surface area contributed by atoms with Crippen molar-refractivity contribution >= 4 is 59.1 Å². The molecular formula is C12H9Br3FNS. The maximum Gasteiger partial charge on any atom is 0.129 e. The topological polar surface area (TPSA) is 12.0 Å². The number of hydrogen-bond acceptors (Lipinski definition) is 2. The Balaban J connectivity index is 2.48. The Bertz CT molecular complexity index is 570. The zero-order chi connectivity index (χ0) is 13.3. The van der Waals surface area contributed by atoms with Crippen molar-refractivity contribution in [2.75, 3.05) is 7.05 Å². The van der Waals surface area contributed by atoms with E-state index in [1.165, 1.54) is 6.07 Å². The fourth-order valence-corrected chi connectivity index (χ4v) is 5.00. The summed E-state index contributed by atoms with van der Waals surface area (Å²) < 4.78 is 16.8. The fourth-order valence-electron chi connectivity index (χ4n) is 1.76. The van der Waals surface area contributed by atoms with E-state index in [0.717, 1.165) is 17.6 Å². The van der Waals surface area contributed by atoms with E-state index in [2.05, 4.69) is 53.1 Å². The largest absolute Gasteiger partial charge is 0.309 e. The summed E-state index contributed by atoms with van der Waals surface area (Å²) >= 11 is 11.8. The molecule has 0 saturated carbocycles. The highest BCUT2D eigenvalue weighted by Crippen LogP contribution is 2.38. The summed E-state index contributed by atoms with van der Waals surface area (Å²) in [5, 5.41) is 3.15. The van der Waals surface area contributed by atoms with E-state index >= 15 is 0 Å². The predicted octanol–water partition coefficient (Wildman–Crippen LogP) is 5.48. The lowest BCUT2D eigenvalue weighted by Gasteiger charge is -2.17. The average molecular weight is 458 g/mol. The lowest BCUT2D eigenvalue weighted by molar-refractivity contribution is 0.575. The minimum Gasteiger partial charge on any atom is -0.309 e. The Morgan fingerprint density at radius 1 is 1.17 bits per heavy atom. The first-order valence-corrected chi connectivity index (χ1v) is 8.29. The molecule has 1 unspecified atom stereocenters. The third-order valence-electron chi connectivity index (χ3n) is 2.56. The summed E-state index contributed by atoms with van der Waals surface area (Å²) in [6, 6.07) is 6.94. The van der Waals surface area contributed by atoms with Gasteiger partial charge < -0.3 is 5.32 Å². The van der Waals surface area contributed by atoms with Crippen LogP contribution in [0.1, 0.15) is 17.2 Å². The molecule has 2 rings (SSSR count). The molecule has 0 bridgehead atoms. The van der Waals surface area contributed by atoms with E-state index < -0.39 is 0 Å². The number of hydrogen-bond donors (Lipinski definition) is 1. The molecule has 2 aromatic rings. The summed E-state index contributed by atoms with van der Waals surface area (Å²) in [6.07, 6.45) is 0. The van der Waals surface area contributed by atoms with Crippen molar-refractivity contribution in [1.29, 1.82) is 0 Å². The van der Waals surface area contributed by atoms with Crippen molar-refractivity contribution in [2.24, 2.45) is 0 Å². The summed E-state index contributed by atoms with van der Waals surface area (Å²) in [6.45, 7) is 0. The average Bonchev–Trinajstić information content (AvgIpc) is 2.62. The molecule has 1 atom stereocenters. The lowest BCUT2D eigenvalue weighted by atomic mass is 10.0. The van der Waals surface area contributed by atoms with Gasteiger partial charge in [0, 0.05) is 10.0 Å². The standard InChI is InChI=1S/C12H9Br3FNS/c1-17-11(8-5-10(14)18-12(8)15)7-3-2-6(13)4-9(7)16/h2-5,11,17H,1H3. The molecule has 0 fully saturated rings. The van der Waals surface area contributed by atoms with Crippen molar-refractivity contribution in [2.45, 2.75) is 6.04 Å². The molecule has 0 aliphatic rings. The minimum absolute atomic E-state index is 0.171. The van der Waals surface area contributed by atoms with Gasteiger partial charge in [0.25, 0.3) is 0 Å². The molecule has 1 N–H and O–H groups in total. The van der Waals surface area contributed by atoms with Crippen LogP contribution in [0.5, 0.6) is 0 Å². The normalized spacial score (nSPS) is 12.7. The lowest BCUT2D eigenvalue weighted by Crippen LogP contribution is -2.18. The van der Waals surface area contributed by atoms with Crippen molar-refractivity contribution in [3.8, 4) is 0 Å². The Labute approximate surface area is 134 Å². The molecule has 0 saturated heterocycles. The maximum atomic E-state index is 14.0. The molecule has 6 heteroatoms. The van der Waals surface area contributed by atoms with Crippen molar-refractivity contribution in [1.82, 2.24) is 5.32 Å². The van der Waals surface area contributed by atoms with Gasteiger partial charge in [-0.3, -0.25) is 0 Å². The summed E-state index contributed by atoms with van der Waals surface area (Å²) in [5.74, 6) is -0.224. The molecule has 0 aliphatic carbocycles. The van der Waals surface area contributed by atoms with E-state index in [1.54, 1.807) is 17.4 Å². The highest BCUT2D eigenvalue weighted by molar-refractivity contribution is 9.12. The summed E-state index contributed by atoms with van der Waals surface area (Å²) in [4.78, 5) is 0. The molecule has 1 aromatic heterocycles. The van der Waals surface area contributed by atoms with E-state index in [9.17, 15) is 4.39 Å². The second-order valence-electron chi connectivity index (χ2n) is 3.67. The molecule has 0 radical (unpaired) electrons. The Kier molecular flexibility index (Phi) is 4.99. The molecule has 0 aliphatic heterocycles. The van der Waals surface area contributed by atoms with Crippen LogP contribution in [0, 0.1) is 5.82 Å². The first kappa shape index (κ1) is 14.7. The van der Waals surface area contributed by atoms with Gasteiger partial charge in [0.2, 0.25) is 0 Å². The fraction of sp³-hybridized carbons (Fsp3) is 0.167. The van der Waals surface area contributed by atoms with Crippen LogP contribution in [0.15, 0.2) is 36.3 Å². The highest BCUT2D eigenvalue weighted by atomic mass is 79.9. The third-order valence-corrected chi connectivity index (χ3v) is 5.44. The molecule has 96 valence electrons. The van der Waals surface area contributed by atoms with Gasteiger partial charge in [0.15, 0.2) is 0 Å². The summed E-state index contributed by atoms with van der Waals surface area (Å²) in [7, 11) is 1.82. The van der Waals surface area contributed by atoms with Gasteiger partial charge in [-0.05, 0) is 62.7 Å². The minimum atomic E-state index is -0.224.